The highest BCUT2D eigenvalue weighted by Gasteiger charge is 2.21. The second-order valence-corrected chi connectivity index (χ2v) is 8.38. The van der Waals surface area contributed by atoms with E-state index in [1.165, 1.54) is 0 Å². The first-order chi connectivity index (χ1) is 16.4. The second kappa shape index (κ2) is 8.22. The highest BCUT2D eigenvalue weighted by Crippen LogP contribution is 2.26. The molecule has 1 aromatic carbocycles. The summed E-state index contributed by atoms with van der Waals surface area (Å²) in [4.78, 5) is 29.1. The Kier molecular flexibility index (Phi) is 5.20. The van der Waals surface area contributed by atoms with Crippen molar-refractivity contribution in [3.63, 3.8) is 0 Å². The third-order valence-electron chi connectivity index (χ3n) is 6.01. The Balaban J connectivity index is 1.59. The number of nitrogens with zero attached hydrogens (tertiary/aromatic N) is 7. The van der Waals surface area contributed by atoms with Crippen LogP contribution in [0.5, 0.6) is 0 Å². The molecule has 10 nitrogen and oxygen atoms in total. The number of aromatic amines is 1. The van der Waals surface area contributed by atoms with E-state index in [0.717, 1.165) is 23.4 Å². The van der Waals surface area contributed by atoms with Crippen molar-refractivity contribution < 1.29 is 4.79 Å². The van der Waals surface area contributed by atoms with Crippen molar-refractivity contribution in [2.45, 2.75) is 33.9 Å². The number of carbonyl (C=O) groups is 1. The number of hydrogen-bond acceptors (Lipinski definition) is 7. The first-order valence-electron chi connectivity index (χ1n) is 11.0. The minimum atomic E-state index is -0.195. The monoisotopic (exact) mass is 455 g/mol. The molecule has 0 radical (unpaired) electrons. The number of benzene rings is 1. The van der Waals surface area contributed by atoms with Crippen LogP contribution >= 0.6 is 0 Å². The Morgan fingerprint density at radius 3 is 2.74 bits per heavy atom. The number of rotatable bonds is 5. The van der Waals surface area contributed by atoms with Gasteiger partial charge in [0, 0.05) is 48.5 Å². The van der Waals surface area contributed by atoms with Crippen molar-refractivity contribution >= 4 is 33.7 Å². The lowest BCUT2D eigenvalue weighted by Crippen LogP contribution is -2.28. The predicted molar refractivity (Wildman–Crippen MR) is 130 cm³/mol. The van der Waals surface area contributed by atoms with Gasteiger partial charge in [-0.1, -0.05) is 11.6 Å². The standard InChI is InChI=1S/C24H25N9O/c1-5-33-14(3)16(11-27-33)12-32(4)24(34)20-17-8-13(2)6-7-19(17)28-22(29-20)15-9-18-21(25)30-31-23(18)26-10-15/h6-11H,5,12H2,1-4H3,(H3,25,26,30,31). The molecule has 0 bridgehead atoms. The number of aromatic nitrogens is 7. The number of aryl methyl sites for hydroxylation is 2. The summed E-state index contributed by atoms with van der Waals surface area (Å²) < 4.78 is 1.92. The highest BCUT2D eigenvalue weighted by molar-refractivity contribution is 6.05. The van der Waals surface area contributed by atoms with Gasteiger partial charge in [0.2, 0.25) is 0 Å². The highest BCUT2D eigenvalue weighted by atomic mass is 16.2. The van der Waals surface area contributed by atoms with Crippen molar-refractivity contribution in [2.75, 3.05) is 12.8 Å². The molecule has 4 aromatic heterocycles. The van der Waals surface area contributed by atoms with Crippen LogP contribution in [0, 0.1) is 13.8 Å². The van der Waals surface area contributed by atoms with E-state index in [-0.39, 0.29) is 5.91 Å². The van der Waals surface area contributed by atoms with Crippen LogP contribution in [0.25, 0.3) is 33.3 Å². The number of nitrogens with two attached hydrogens (primary N) is 1. The molecule has 5 aromatic rings. The number of carbonyl (C=O) groups excluding carboxylic acids is 1. The molecule has 0 saturated carbocycles. The largest absolute Gasteiger partial charge is 0.384 e. The molecule has 3 N–H and O–H groups in total. The molecule has 0 saturated heterocycles. The summed E-state index contributed by atoms with van der Waals surface area (Å²) in [5, 5.41) is 12.6. The Labute approximate surface area is 195 Å². The number of anilines is 1. The van der Waals surface area contributed by atoms with E-state index in [2.05, 4.69) is 20.3 Å². The number of H-pyrrole nitrogens is 1. The maximum atomic E-state index is 13.6. The van der Waals surface area contributed by atoms with Crippen LogP contribution in [-0.2, 0) is 13.1 Å². The smallest absolute Gasteiger partial charge is 0.273 e. The molecular formula is C24H25N9O. The van der Waals surface area contributed by atoms with E-state index < -0.39 is 0 Å². The lowest BCUT2D eigenvalue weighted by Gasteiger charge is -2.18. The molecule has 0 atom stereocenters. The number of nitrogens with one attached hydrogen (secondary N) is 1. The zero-order valence-electron chi connectivity index (χ0n) is 19.5. The van der Waals surface area contributed by atoms with Crippen LogP contribution in [0.4, 0.5) is 5.82 Å². The van der Waals surface area contributed by atoms with Crippen molar-refractivity contribution in [1.29, 1.82) is 0 Å². The molecule has 0 fully saturated rings. The maximum absolute atomic E-state index is 13.6. The molecule has 10 heteroatoms. The van der Waals surface area contributed by atoms with Crippen LogP contribution in [0.2, 0.25) is 0 Å². The average Bonchev–Trinajstić information content (AvgIpc) is 3.39. The number of pyridine rings is 1. The summed E-state index contributed by atoms with van der Waals surface area (Å²) in [6.07, 6.45) is 3.45. The molecule has 34 heavy (non-hydrogen) atoms. The van der Waals surface area contributed by atoms with Gasteiger partial charge in [0.1, 0.15) is 11.5 Å². The van der Waals surface area contributed by atoms with Crippen LogP contribution in [0.1, 0.15) is 34.2 Å². The molecule has 172 valence electrons. The summed E-state index contributed by atoms with van der Waals surface area (Å²) in [5.74, 6) is 0.623. The van der Waals surface area contributed by atoms with Gasteiger partial charge in [0.25, 0.3) is 5.91 Å². The fourth-order valence-corrected chi connectivity index (χ4v) is 4.04. The second-order valence-electron chi connectivity index (χ2n) is 8.38. The normalized spacial score (nSPS) is 11.4. The molecule has 4 heterocycles. The Hall–Kier alpha value is -4.34. The predicted octanol–water partition coefficient (Wildman–Crippen LogP) is 3.26. The minimum absolute atomic E-state index is 0.195. The van der Waals surface area contributed by atoms with E-state index >= 15 is 0 Å². The number of fused-ring (bicyclic) bond motifs is 2. The zero-order valence-corrected chi connectivity index (χ0v) is 19.5. The van der Waals surface area contributed by atoms with Crippen molar-refractivity contribution in [3.05, 3.63) is 59.2 Å². The van der Waals surface area contributed by atoms with E-state index in [1.807, 2.05) is 55.9 Å². The number of amides is 1. The van der Waals surface area contributed by atoms with Crippen LogP contribution < -0.4 is 5.73 Å². The van der Waals surface area contributed by atoms with Crippen LogP contribution in [-0.4, -0.2) is 52.8 Å². The van der Waals surface area contributed by atoms with Gasteiger partial charge in [-0.3, -0.25) is 14.6 Å². The summed E-state index contributed by atoms with van der Waals surface area (Å²) in [6, 6.07) is 7.64. The lowest BCUT2D eigenvalue weighted by molar-refractivity contribution is 0.0781. The average molecular weight is 456 g/mol. The van der Waals surface area contributed by atoms with Crippen molar-refractivity contribution in [1.82, 2.24) is 39.8 Å². The molecule has 0 aliphatic rings. The van der Waals surface area contributed by atoms with E-state index in [4.69, 9.17) is 15.7 Å². The van der Waals surface area contributed by atoms with Crippen LogP contribution in [0.3, 0.4) is 0 Å². The van der Waals surface area contributed by atoms with Gasteiger partial charge >= 0.3 is 0 Å². The maximum Gasteiger partial charge on any atom is 0.273 e. The van der Waals surface area contributed by atoms with Gasteiger partial charge in [-0.15, -0.1) is 0 Å². The van der Waals surface area contributed by atoms with Gasteiger partial charge in [0.05, 0.1) is 17.1 Å². The quantitative estimate of drug-likeness (QED) is 0.416. The molecule has 0 aliphatic heterocycles. The summed E-state index contributed by atoms with van der Waals surface area (Å²) in [6.45, 7) is 7.24. The SMILES string of the molecule is CCn1ncc(CN(C)C(=O)c2nc(-c3cnc4n[nH]c(N)c4c3)nc3ccc(C)cc23)c1C. The van der Waals surface area contributed by atoms with E-state index in [9.17, 15) is 4.79 Å². The fraction of sp³-hybridized carbons (Fsp3) is 0.250. The van der Waals surface area contributed by atoms with E-state index in [0.29, 0.717) is 51.4 Å². The molecule has 5 rings (SSSR count). The minimum Gasteiger partial charge on any atom is -0.384 e. The molecule has 0 spiro atoms. The summed E-state index contributed by atoms with van der Waals surface area (Å²) in [7, 11) is 1.77. The first-order valence-corrected chi connectivity index (χ1v) is 11.0. The van der Waals surface area contributed by atoms with E-state index in [1.54, 1.807) is 18.1 Å². The topological polar surface area (TPSA) is 132 Å². The summed E-state index contributed by atoms with van der Waals surface area (Å²) >= 11 is 0. The van der Waals surface area contributed by atoms with Gasteiger partial charge in [-0.05, 0) is 39.0 Å². The van der Waals surface area contributed by atoms with Gasteiger partial charge in [-0.2, -0.15) is 10.2 Å². The van der Waals surface area contributed by atoms with Gasteiger partial charge in [-0.25, -0.2) is 15.0 Å². The van der Waals surface area contributed by atoms with Crippen LogP contribution in [0.15, 0.2) is 36.7 Å². The molecule has 0 aliphatic carbocycles. The van der Waals surface area contributed by atoms with Crippen molar-refractivity contribution in [2.24, 2.45) is 0 Å². The Morgan fingerprint density at radius 2 is 1.97 bits per heavy atom. The van der Waals surface area contributed by atoms with Crippen molar-refractivity contribution in [3.8, 4) is 11.4 Å². The number of hydrogen-bond donors (Lipinski definition) is 2. The van der Waals surface area contributed by atoms with Gasteiger partial charge in [0.15, 0.2) is 11.5 Å². The number of nitrogen functional groups attached to an aromatic ring is 1. The fourth-order valence-electron chi connectivity index (χ4n) is 4.04. The molecular weight excluding hydrogens is 430 g/mol. The first kappa shape index (κ1) is 21.5. The molecule has 0 unspecified atom stereocenters. The zero-order chi connectivity index (χ0) is 24.0. The third kappa shape index (κ3) is 3.62. The third-order valence-corrected chi connectivity index (χ3v) is 6.01. The Bertz CT molecular complexity index is 1550. The lowest BCUT2D eigenvalue weighted by atomic mass is 10.1. The summed E-state index contributed by atoms with van der Waals surface area (Å²) in [5.41, 5.74) is 11.2. The molecule has 1 amide bonds. The van der Waals surface area contributed by atoms with Gasteiger partial charge < -0.3 is 10.6 Å². The Morgan fingerprint density at radius 1 is 1.15 bits per heavy atom.